The first-order valence-electron chi connectivity index (χ1n) is 9.57. The van der Waals surface area contributed by atoms with Gasteiger partial charge in [-0.3, -0.25) is 9.59 Å². The predicted octanol–water partition coefficient (Wildman–Crippen LogP) is 4.70. The summed E-state index contributed by atoms with van der Waals surface area (Å²) in [5.41, 5.74) is 0.629. The molecule has 1 atom stereocenters. The zero-order chi connectivity index (χ0) is 22.3. The molecule has 0 saturated heterocycles. The fourth-order valence-electron chi connectivity index (χ4n) is 2.65. The quantitative estimate of drug-likeness (QED) is 0.597. The number of rotatable bonds is 9. The van der Waals surface area contributed by atoms with Crippen molar-refractivity contribution in [3.05, 3.63) is 63.9 Å². The summed E-state index contributed by atoms with van der Waals surface area (Å²) in [6.45, 7) is 5.71. The van der Waals surface area contributed by atoms with Gasteiger partial charge >= 0.3 is 0 Å². The molecule has 8 heteroatoms. The molecule has 0 aromatic heterocycles. The fraction of sp³-hybridized carbons (Fsp3) is 0.364. The summed E-state index contributed by atoms with van der Waals surface area (Å²) in [6.07, 6.45) is 0. The minimum atomic E-state index is -0.785. The van der Waals surface area contributed by atoms with Crippen LogP contribution < -0.4 is 10.1 Å². The third-order valence-electron chi connectivity index (χ3n) is 4.40. The molecule has 0 unspecified atom stereocenters. The van der Waals surface area contributed by atoms with Crippen LogP contribution in [0.1, 0.15) is 26.3 Å². The van der Waals surface area contributed by atoms with E-state index in [9.17, 15) is 14.0 Å². The average molecular weight is 455 g/mol. The second kappa shape index (κ2) is 11.2. The van der Waals surface area contributed by atoms with E-state index in [2.05, 4.69) is 5.32 Å². The van der Waals surface area contributed by atoms with Crippen LogP contribution in [0.5, 0.6) is 5.75 Å². The van der Waals surface area contributed by atoms with Gasteiger partial charge in [-0.25, -0.2) is 4.39 Å². The summed E-state index contributed by atoms with van der Waals surface area (Å²) in [4.78, 5) is 26.9. The smallest absolute Gasteiger partial charge is 0.261 e. The van der Waals surface area contributed by atoms with E-state index in [4.69, 9.17) is 27.9 Å². The maximum absolute atomic E-state index is 13.8. The number of ether oxygens (including phenoxy) is 1. The third kappa shape index (κ3) is 6.89. The van der Waals surface area contributed by atoms with Gasteiger partial charge in [-0.2, -0.15) is 0 Å². The number of amides is 2. The first-order valence-corrected chi connectivity index (χ1v) is 10.3. The van der Waals surface area contributed by atoms with Crippen molar-refractivity contribution in [2.45, 2.75) is 33.4 Å². The van der Waals surface area contributed by atoms with Crippen LogP contribution in [0.15, 0.2) is 42.5 Å². The van der Waals surface area contributed by atoms with Gasteiger partial charge in [0.1, 0.15) is 6.04 Å². The molecule has 0 aliphatic carbocycles. The molecule has 2 rings (SSSR count). The maximum Gasteiger partial charge on any atom is 0.261 e. The second-order valence-electron chi connectivity index (χ2n) is 7.29. The van der Waals surface area contributed by atoms with Crippen LogP contribution in [0.25, 0.3) is 0 Å². The Labute approximate surface area is 186 Å². The Hall–Kier alpha value is -2.31. The van der Waals surface area contributed by atoms with E-state index in [-0.39, 0.29) is 24.1 Å². The van der Waals surface area contributed by atoms with Crippen molar-refractivity contribution in [3.63, 3.8) is 0 Å². The van der Waals surface area contributed by atoms with E-state index in [1.807, 2.05) is 13.8 Å². The van der Waals surface area contributed by atoms with Gasteiger partial charge < -0.3 is 15.0 Å². The molecule has 0 heterocycles. The van der Waals surface area contributed by atoms with Crippen molar-refractivity contribution in [2.24, 2.45) is 5.92 Å². The van der Waals surface area contributed by atoms with Crippen LogP contribution in [-0.4, -0.2) is 35.9 Å². The molecule has 1 N–H and O–H groups in total. The van der Waals surface area contributed by atoms with Crippen LogP contribution >= 0.6 is 23.2 Å². The SMILES string of the molecule is CC(C)CNC(=O)[C@@H](C)N(Cc1ccc(Cl)cc1Cl)C(=O)COc1ccccc1F. The number of benzene rings is 2. The van der Waals surface area contributed by atoms with E-state index in [1.54, 1.807) is 31.2 Å². The van der Waals surface area contributed by atoms with Crippen molar-refractivity contribution in [3.8, 4) is 5.75 Å². The zero-order valence-corrected chi connectivity index (χ0v) is 18.6. The Bertz CT molecular complexity index is 892. The number of carbonyl (C=O) groups is 2. The normalized spacial score (nSPS) is 11.8. The molecule has 2 amide bonds. The van der Waals surface area contributed by atoms with Crippen LogP contribution in [0.3, 0.4) is 0 Å². The second-order valence-corrected chi connectivity index (χ2v) is 8.14. The van der Waals surface area contributed by atoms with Crippen LogP contribution in [0, 0.1) is 11.7 Å². The molecule has 2 aromatic rings. The summed E-state index contributed by atoms with van der Waals surface area (Å²) in [5.74, 6) is -1.11. The van der Waals surface area contributed by atoms with E-state index < -0.39 is 24.4 Å². The summed E-state index contributed by atoms with van der Waals surface area (Å²) >= 11 is 12.2. The Morgan fingerprint density at radius 3 is 2.47 bits per heavy atom. The Kier molecular flexibility index (Phi) is 8.93. The standard InChI is InChI=1S/C22H25Cl2FN2O3/c1-14(2)11-26-22(29)15(3)27(12-16-8-9-17(23)10-18(16)24)21(28)13-30-20-7-5-4-6-19(20)25/h4-10,14-15H,11-13H2,1-3H3,(H,26,29)/t15-/m1/s1. The van der Waals surface area contributed by atoms with Gasteiger partial charge in [0, 0.05) is 23.1 Å². The molecule has 5 nitrogen and oxygen atoms in total. The summed E-state index contributed by atoms with van der Waals surface area (Å²) in [5, 5.41) is 3.67. The van der Waals surface area contributed by atoms with Gasteiger partial charge in [0.25, 0.3) is 5.91 Å². The van der Waals surface area contributed by atoms with Gasteiger partial charge in [-0.15, -0.1) is 0 Å². The average Bonchev–Trinajstić information content (AvgIpc) is 2.70. The highest BCUT2D eigenvalue weighted by Gasteiger charge is 2.27. The lowest BCUT2D eigenvalue weighted by molar-refractivity contribution is -0.142. The first-order chi connectivity index (χ1) is 14.2. The molecule has 30 heavy (non-hydrogen) atoms. The molecule has 0 fully saturated rings. The van der Waals surface area contributed by atoms with Crippen molar-refractivity contribution >= 4 is 35.0 Å². The minimum Gasteiger partial charge on any atom is -0.481 e. The molecule has 2 aromatic carbocycles. The van der Waals surface area contributed by atoms with Gasteiger partial charge in [0.05, 0.1) is 0 Å². The van der Waals surface area contributed by atoms with Gasteiger partial charge in [0.15, 0.2) is 18.2 Å². The van der Waals surface area contributed by atoms with E-state index in [0.717, 1.165) is 0 Å². The van der Waals surface area contributed by atoms with Gasteiger partial charge in [-0.05, 0) is 42.7 Å². The molecule has 0 spiro atoms. The minimum absolute atomic E-state index is 0.0350. The molecule has 0 radical (unpaired) electrons. The van der Waals surface area contributed by atoms with E-state index in [1.165, 1.54) is 23.1 Å². The maximum atomic E-state index is 13.8. The highest BCUT2D eigenvalue weighted by molar-refractivity contribution is 6.35. The molecule has 0 bridgehead atoms. The molecule has 0 aliphatic rings. The number of nitrogens with zero attached hydrogens (tertiary/aromatic N) is 1. The van der Waals surface area contributed by atoms with Crippen molar-refractivity contribution < 1.29 is 18.7 Å². The molecule has 0 saturated carbocycles. The highest BCUT2D eigenvalue weighted by Crippen LogP contribution is 2.23. The molecular weight excluding hydrogens is 430 g/mol. The number of carbonyl (C=O) groups excluding carboxylic acids is 2. The monoisotopic (exact) mass is 454 g/mol. The Morgan fingerprint density at radius 2 is 1.83 bits per heavy atom. The number of hydrogen-bond donors (Lipinski definition) is 1. The van der Waals surface area contributed by atoms with Crippen molar-refractivity contribution in [2.75, 3.05) is 13.2 Å². The lowest BCUT2D eigenvalue weighted by atomic mass is 10.1. The van der Waals surface area contributed by atoms with E-state index in [0.29, 0.717) is 22.2 Å². The predicted molar refractivity (Wildman–Crippen MR) is 116 cm³/mol. The zero-order valence-electron chi connectivity index (χ0n) is 17.1. The summed E-state index contributed by atoms with van der Waals surface area (Å²) in [7, 11) is 0. The topological polar surface area (TPSA) is 58.6 Å². The number of hydrogen-bond acceptors (Lipinski definition) is 3. The molecule has 0 aliphatic heterocycles. The van der Waals surface area contributed by atoms with Crippen LogP contribution in [-0.2, 0) is 16.1 Å². The van der Waals surface area contributed by atoms with Gasteiger partial charge in [0.2, 0.25) is 5.91 Å². The number of nitrogens with one attached hydrogen (secondary N) is 1. The summed E-state index contributed by atoms with van der Waals surface area (Å²) < 4.78 is 19.1. The van der Waals surface area contributed by atoms with Crippen molar-refractivity contribution in [1.82, 2.24) is 10.2 Å². The third-order valence-corrected chi connectivity index (χ3v) is 4.98. The molecular formula is C22H25Cl2FN2O3. The van der Waals surface area contributed by atoms with E-state index >= 15 is 0 Å². The highest BCUT2D eigenvalue weighted by atomic mass is 35.5. The largest absolute Gasteiger partial charge is 0.481 e. The van der Waals surface area contributed by atoms with Gasteiger partial charge in [-0.1, -0.05) is 55.2 Å². The van der Waals surface area contributed by atoms with Crippen molar-refractivity contribution in [1.29, 1.82) is 0 Å². The number of para-hydroxylation sites is 1. The lowest BCUT2D eigenvalue weighted by Crippen LogP contribution is -2.49. The lowest BCUT2D eigenvalue weighted by Gasteiger charge is -2.29. The first kappa shape index (κ1) is 24.0. The summed E-state index contributed by atoms with van der Waals surface area (Å²) in [6, 6.07) is 9.95. The Morgan fingerprint density at radius 1 is 1.13 bits per heavy atom. The number of halogens is 3. The van der Waals surface area contributed by atoms with Crippen LogP contribution in [0.4, 0.5) is 4.39 Å². The fourth-order valence-corrected chi connectivity index (χ4v) is 3.12. The Balaban J connectivity index is 2.19. The molecule has 162 valence electrons. The van der Waals surface area contributed by atoms with Crippen LogP contribution in [0.2, 0.25) is 10.0 Å².